The van der Waals surface area contributed by atoms with E-state index in [-0.39, 0.29) is 6.61 Å². The van der Waals surface area contributed by atoms with E-state index in [4.69, 9.17) is 5.84 Å². The van der Waals surface area contributed by atoms with Gasteiger partial charge in [-0.3, -0.25) is 16.0 Å². The van der Waals surface area contributed by atoms with Crippen LogP contribution >= 0.6 is 0 Å². The summed E-state index contributed by atoms with van der Waals surface area (Å²) >= 11 is 0. The molecule has 98 valence electrons. The molecular formula is C8H14F3N5O. The van der Waals surface area contributed by atoms with Gasteiger partial charge in [0.05, 0.1) is 12.6 Å². The Kier molecular flexibility index (Phi) is 4.85. The van der Waals surface area contributed by atoms with Gasteiger partial charge in [-0.05, 0) is 0 Å². The summed E-state index contributed by atoms with van der Waals surface area (Å²) in [4.78, 5) is 3.94. The number of hydrazine groups is 1. The molecular weight excluding hydrogens is 239 g/mol. The Bertz CT molecular complexity index is 340. The normalized spacial score (nSPS) is 13.9. The fourth-order valence-corrected chi connectivity index (χ4v) is 1.21. The first-order valence-corrected chi connectivity index (χ1v) is 4.86. The van der Waals surface area contributed by atoms with Gasteiger partial charge >= 0.3 is 6.18 Å². The zero-order chi connectivity index (χ0) is 12.9. The van der Waals surface area contributed by atoms with Crippen molar-refractivity contribution in [2.45, 2.75) is 18.6 Å². The van der Waals surface area contributed by atoms with Gasteiger partial charge in [-0.2, -0.15) is 18.3 Å². The van der Waals surface area contributed by atoms with Crippen LogP contribution in [0.3, 0.4) is 0 Å². The standard InChI is InChI=1S/C8H14F3N5O/c1-16-7(13-5-14-16)2-6(15-12)3-17-4-8(9,10)11/h5-6,15H,2-4,12H2,1H3. The third-order valence-electron chi connectivity index (χ3n) is 2.05. The maximum absolute atomic E-state index is 11.8. The number of hydrogen-bond donors (Lipinski definition) is 2. The van der Waals surface area contributed by atoms with Gasteiger partial charge in [0, 0.05) is 13.5 Å². The van der Waals surface area contributed by atoms with Crippen LogP contribution < -0.4 is 11.3 Å². The Morgan fingerprint density at radius 2 is 2.29 bits per heavy atom. The average molecular weight is 253 g/mol. The Morgan fingerprint density at radius 3 is 2.76 bits per heavy atom. The molecule has 0 aliphatic rings. The lowest BCUT2D eigenvalue weighted by Gasteiger charge is -2.16. The van der Waals surface area contributed by atoms with Crippen LogP contribution in [0, 0.1) is 0 Å². The molecule has 6 nitrogen and oxygen atoms in total. The average Bonchev–Trinajstić information content (AvgIpc) is 2.61. The fourth-order valence-electron chi connectivity index (χ4n) is 1.21. The number of nitrogens with zero attached hydrogens (tertiary/aromatic N) is 3. The number of hydrogen-bond acceptors (Lipinski definition) is 5. The Hall–Kier alpha value is -1.19. The quantitative estimate of drug-likeness (QED) is 0.541. The largest absolute Gasteiger partial charge is 0.411 e. The molecule has 0 bridgehead atoms. The van der Waals surface area contributed by atoms with E-state index < -0.39 is 18.8 Å². The minimum Gasteiger partial charge on any atom is -0.370 e. The second-order valence-electron chi connectivity index (χ2n) is 3.50. The van der Waals surface area contributed by atoms with E-state index in [1.807, 2.05) is 0 Å². The number of nitrogens with one attached hydrogen (secondary N) is 1. The molecule has 9 heteroatoms. The molecule has 0 aliphatic carbocycles. The first-order valence-electron chi connectivity index (χ1n) is 4.86. The smallest absolute Gasteiger partial charge is 0.370 e. The van der Waals surface area contributed by atoms with Crippen molar-refractivity contribution in [3.8, 4) is 0 Å². The maximum Gasteiger partial charge on any atom is 0.411 e. The summed E-state index contributed by atoms with van der Waals surface area (Å²) in [6.07, 6.45) is -2.63. The van der Waals surface area contributed by atoms with Crippen molar-refractivity contribution in [2.24, 2.45) is 12.9 Å². The molecule has 1 aromatic heterocycles. The predicted octanol–water partition coefficient (Wildman–Crippen LogP) is -0.232. The van der Waals surface area contributed by atoms with Gasteiger partial charge in [0.25, 0.3) is 0 Å². The van der Waals surface area contributed by atoms with Crippen molar-refractivity contribution < 1.29 is 17.9 Å². The van der Waals surface area contributed by atoms with E-state index in [0.717, 1.165) is 0 Å². The first-order chi connectivity index (χ1) is 7.92. The van der Waals surface area contributed by atoms with Gasteiger partial charge in [-0.25, -0.2) is 4.98 Å². The molecule has 0 fully saturated rings. The lowest BCUT2D eigenvalue weighted by molar-refractivity contribution is -0.175. The molecule has 0 saturated carbocycles. The van der Waals surface area contributed by atoms with Crippen LogP contribution in [-0.4, -0.2) is 40.2 Å². The topological polar surface area (TPSA) is 78.0 Å². The molecule has 0 saturated heterocycles. The van der Waals surface area contributed by atoms with Crippen molar-refractivity contribution in [2.75, 3.05) is 13.2 Å². The van der Waals surface area contributed by atoms with Crippen molar-refractivity contribution in [3.05, 3.63) is 12.2 Å². The number of halogens is 3. The van der Waals surface area contributed by atoms with Crippen LogP contribution in [0.4, 0.5) is 13.2 Å². The van der Waals surface area contributed by atoms with Gasteiger partial charge < -0.3 is 4.74 Å². The summed E-state index contributed by atoms with van der Waals surface area (Å²) in [6, 6.07) is -0.444. The molecule has 0 radical (unpaired) electrons. The zero-order valence-electron chi connectivity index (χ0n) is 9.24. The third kappa shape index (κ3) is 5.11. The first kappa shape index (κ1) is 13.9. The van der Waals surface area contributed by atoms with Crippen LogP contribution in [-0.2, 0) is 18.2 Å². The minimum absolute atomic E-state index is 0.150. The summed E-state index contributed by atoms with van der Waals surface area (Å²) in [5.74, 6) is 5.83. The number of nitrogens with two attached hydrogens (primary N) is 1. The summed E-state index contributed by atoms with van der Waals surface area (Å²) in [5, 5.41) is 3.84. The lowest BCUT2D eigenvalue weighted by Crippen LogP contribution is -2.41. The number of ether oxygens (including phenoxy) is 1. The predicted molar refractivity (Wildman–Crippen MR) is 52.7 cm³/mol. The zero-order valence-corrected chi connectivity index (χ0v) is 9.24. The molecule has 1 heterocycles. The van der Waals surface area contributed by atoms with Crippen molar-refractivity contribution in [3.63, 3.8) is 0 Å². The van der Waals surface area contributed by atoms with Crippen LogP contribution in [0.2, 0.25) is 0 Å². The van der Waals surface area contributed by atoms with E-state index >= 15 is 0 Å². The van der Waals surface area contributed by atoms with Crippen molar-refractivity contribution in [1.82, 2.24) is 20.2 Å². The van der Waals surface area contributed by atoms with E-state index in [2.05, 4.69) is 20.2 Å². The number of aryl methyl sites for hydroxylation is 1. The highest BCUT2D eigenvalue weighted by Gasteiger charge is 2.28. The van der Waals surface area contributed by atoms with Gasteiger partial charge in [0.2, 0.25) is 0 Å². The number of alkyl halides is 3. The highest BCUT2D eigenvalue weighted by atomic mass is 19.4. The molecule has 17 heavy (non-hydrogen) atoms. The van der Waals surface area contributed by atoms with Gasteiger partial charge in [0.15, 0.2) is 0 Å². The molecule has 0 aliphatic heterocycles. The monoisotopic (exact) mass is 253 g/mol. The van der Waals surface area contributed by atoms with Crippen LogP contribution in [0.5, 0.6) is 0 Å². The second-order valence-corrected chi connectivity index (χ2v) is 3.50. The fraction of sp³-hybridized carbons (Fsp3) is 0.750. The Morgan fingerprint density at radius 1 is 1.59 bits per heavy atom. The van der Waals surface area contributed by atoms with Gasteiger partial charge in [-0.15, -0.1) is 0 Å². The molecule has 1 unspecified atom stereocenters. The Balaban J connectivity index is 2.37. The van der Waals surface area contributed by atoms with E-state index in [9.17, 15) is 13.2 Å². The molecule has 0 amide bonds. The lowest BCUT2D eigenvalue weighted by atomic mass is 10.2. The molecule has 1 atom stereocenters. The SMILES string of the molecule is Cn1ncnc1CC(COCC(F)(F)F)NN. The highest BCUT2D eigenvalue weighted by molar-refractivity contribution is 4.88. The summed E-state index contributed by atoms with van der Waals surface area (Å²) in [7, 11) is 1.69. The second kappa shape index (κ2) is 5.94. The van der Waals surface area contributed by atoms with Crippen LogP contribution in [0.1, 0.15) is 5.82 Å². The molecule has 1 aromatic rings. The Labute approximate surface area is 95.9 Å². The van der Waals surface area contributed by atoms with E-state index in [1.165, 1.54) is 11.0 Å². The maximum atomic E-state index is 11.8. The summed E-state index contributed by atoms with van der Waals surface area (Å²) in [5.41, 5.74) is 2.38. The van der Waals surface area contributed by atoms with Crippen LogP contribution in [0.15, 0.2) is 6.33 Å². The van der Waals surface area contributed by atoms with Crippen molar-refractivity contribution in [1.29, 1.82) is 0 Å². The van der Waals surface area contributed by atoms with Gasteiger partial charge in [-0.1, -0.05) is 0 Å². The highest BCUT2D eigenvalue weighted by Crippen LogP contribution is 2.14. The number of aromatic nitrogens is 3. The molecule has 0 aromatic carbocycles. The molecule has 1 rings (SSSR count). The third-order valence-corrected chi connectivity index (χ3v) is 2.05. The van der Waals surface area contributed by atoms with Crippen LogP contribution in [0.25, 0.3) is 0 Å². The summed E-state index contributed by atoms with van der Waals surface area (Å²) in [6.45, 7) is -1.44. The van der Waals surface area contributed by atoms with Gasteiger partial charge in [0.1, 0.15) is 18.8 Å². The molecule has 3 N–H and O–H groups in total. The number of rotatable bonds is 6. The minimum atomic E-state index is -4.33. The molecule has 0 spiro atoms. The van der Waals surface area contributed by atoms with Crippen molar-refractivity contribution >= 4 is 0 Å². The van der Waals surface area contributed by atoms with E-state index in [0.29, 0.717) is 12.2 Å². The van der Waals surface area contributed by atoms with E-state index in [1.54, 1.807) is 7.05 Å². The summed E-state index contributed by atoms with van der Waals surface area (Å²) < 4.78 is 41.6.